The Morgan fingerprint density at radius 3 is 2.69 bits per heavy atom. The van der Waals surface area contributed by atoms with Gasteiger partial charge in [-0.05, 0) is 62.6 Å². The van der Waals surface area contributed by atoms with Crippen molar-refractivity contribution in [2.45, 2.75) is 46.2 Å². The molecular formula is C23H25N3O3. The van der Waals surface area contributed by atoms with Crippen LogP contribution in [0.15, 0.2) is 47.0 Å². The minimum atomic E-state index is -0.188. The van der Waals surface area contributed by atoms with Gasteiger partial charge in [-0.15, -0.1) is 0 Å². The summed E-state index contributed by atoms with van der Waals surface area (Å²) < 4.78 is 11.0. The van der Waals surface area contributed by atoms with E-state index in [1.165, 1.54) is 11.1 Å². The summed E-state index contributed by atoms with van der Waals surface area (Å²) in [6, 6.07) is 13.7. The highest BCUT2D eigenvalue weighted by atomic mass is 16.5. The molecule has 1 saturated heterocycles. The van der Waals surface area contributed by atoms with E-state index in [0.29, 0.717) is 37.7 Å². The summed E-state index contributed by atoms with van der Waals surface area (Å²) in [5.74, 6) is 1.94. The third-order valence-corrected chi connectivity index (χ3v) is 5.32. The number of hydrogen-bond acceptors (Lipinski definition) is 5. The molecule has 1 aliphatic rings. The van der Waals surface area contributed by atoms with Gasteiger partial charge in [0.05, 0.1) is 6.61 Å². The number of rotatable bonds is 6. The Hall–Kier alpha value is -3.15. The standard InChI is InChI=1S/C23H25N3O3/c1-4-28-19-9-7-17(8-10-19)22-24-23(29-25-22)20-11-12-21(27)26(20)14-18-6-5-15(2)13-16(18)3/h5-10,13,20H,4,11-12,14H2,1-3H3. The molecule has 1 unspecified atom stereocenters. The molecule has 2 aromatic carbocycles. The van der Waals surface area contributed by atoms with Crippen LogP contribution in [0.5, 0.6) is 5.75 Å². The Kier molecular flexibility index (Phi) is 5.34. The van der Waals surface area contributed by atoms with Gasteiger partial charge in [0.15, 0.2) is 0 Å². The van der Waals surface area contributed by atoms with Crippen LogP contribution < -0.4 is 4.74 Å². The van der Waals surface area contributed by atoms with Crippen LogP contribution >= 0.6 is 0 Å². The number of carbonyl (C=O) groups is 1. The van der Waals surface area contributed by atoms with Gasteiger partial charge in [-0.2, -0.15) is 4.98 Å². The Morgan fingerprint density at radius 1 is 1.17 bits per heavy atom. The number of hydrogen-bond donors (Lipinski definition) is 0. The number of carbonyl (C=O) groups excluding carboxylic acids is 1. The molecule has 1 amide bonds. The second-order valence-electron chi connectivity index (χ2n) is 7.42. The van der Waals surface area contributed by atoms with Crippen LogP contribution in [0.4, 0.5) is 0 Å². The number of nitrogens with zero attached hydrogens (tertiary/aromatic N) is 3. The molecular weight excluding hydrogens is 366 g/mol. The lowest BCUT2D eigenvalue weighted by Crippen LogP contribution is -2.27. The topological polar surface area (TPSA) is 68.5 Å². The predicted molar refractivity (Wildman–Crippen MR) is 109 cm³/mol. The van der Waals surface area contributed by atoms with Crippen molar-refractivity contribution in [2.75, 3.05) is 6.61 Å². The van der Waals surface area contributed by atoms with Gasteiger partial charge in [-0.25, -0.2) is 0 Å². The smallest absolute Gasteiger partial charge is 0.249 e. The highest BCUT2D eigenvalue weighted by molar-refractivity contribution is 5.79. The van der Waals surface area contributed by atoms with Crippen molar-refractivity contribution in [1.82, 2.24) is 15.0 Å². The lowest BCUT2D eigenvalue weighted by Gasteiger charge is -2.23. The number of amides is 1. The van der Waals surface area contributed by atoms with Crippen molar-refractivity contribution < 1.29 is 14.1 Å². The third kappa shape index (κ3) is 4.01. The molecule has 1 aliphatic heterocycles. The first-order valence-electron chi connectivity index (χ1n) is 9.97. The molecule has 6 heteroatoms. The van der Waals surface area contributed by atoms with Crippen LogP contribution in [0, 0.1) is 13.8 Å². The molecule has 0 saturated carbocycles. The molecule has 0 spiro atoms. The number of aryl methyl sites for hydroxylation is 2. The minimum absolute atomic E-state index is 0.121. The summed E-state index contributed by atoms with van der Waals surface area (Å²) in [6.45, 7) is 7.27. The van der Waals surface area contributed by atoms with Crippen LogP contribution in [0.3, 0.4) is 0 Å². The van der Waals surface area contributed by atoms with E-state index in [2.05, 4.69) is 42.2 Å². The summed E-state index contributed by atoms with van der Waals surface area (Å²) >= 11 is 0. The molecule has 0 N–H and O–H groups in total. The van der Waals surface area contributed by atoms with Crippen molar-refractivity contribution in [3.05, 3.63) is 65.0 Å². The number of aromatic nitrogens is 2. The van der Waals surface area contributed by atoms with Gasteiger partial charge < -0.3 is 14.2 Å². The molecule has 0 bridgehead atoms. The minimum Gasteiger partial charge on any atom is -0.494 e. The lowest BCUT2D eigenvalue weighted by atomic mass is 10.0. The maximum Gasteiger partial charge on any atom is 0.249 e. The van der Waals surface area contributed by atoms with E-state index in [0.717, 1.165) is 16.9 Å². The molecule has 1 atom stereocenters. The van der Waals surface area contributed by atoms with E-state index in [-0.39, 0.29) is 11.9 Å². The van der Waals surface area contributed by atoms with Gasteiger partial charge in [0.1, 0.15) is 11.8 Å². The zero-order chi connectivity index (χ0) is 20.4. The highest BCUT2D eigenvalue weighted by Gasteiger charge is 2.36. The number of ether oxygens (including phenoxy) is 1. The first kappa shape index (κ1) is 19.2. The normalized spacial score (nSPS) is 16.4. The zero-order valence-electron chi connectivity index (χ0n) is 17.0. The summed E-state index contributed by atoms with van der Waals surface area (Å²) in [7, 11) is 0. The Bertz CT molecular complexity index is 1010. The molecule has 0 radical (unpaired) electrons. The largest absolute Gasteiger partial charge is 0.494 e. The maximum atomic E-state index is 12.5. The molecule has 1 aromatic heterocycles. The second-order valence-corrected chi connectivity index (χ2v) is 7.42. The average molecular weight is 391 g/mol. The van der Waals surface area contributed by atoms with Gasteiger partial charge in [0.2, 0.25) is 17.6 Å². The first-order chi connectivity index (χ1) is 14.0. The molecule has 29 heavy (non-hydrogen) atoms. The zero-order valence-corrected chi connectivity index (χ0v) is 17.0. The van der Waals surface area contributed by atoms with Gasteiger partial charge in [0, 0.05) is 18.5 Å². The van der Waals surface area contributed by atoms with Crippen molar-refractivity contribution in [1.29, 1.82) is 0 Å². The summed E-state index contributed by atoms with van der Waals surface area (Å²) in [5, 5.41) is 4.14. The summed E-state index contributed by atoms with van der Waals surface area (Å²) in [5.41, 5.74) is 4.40. The van der Waals surface area contributed by atoms with Crippen molar-refractivity contribution in [3.8, 4) is 17.1 Å². The third-order valence-electron chi connectivity index (χ3n) is 5.32. The molecule has 2 heterocycles. The van der Waals surface area contributed by atoms with E-state index in [1.54, 1.807) is 0 Å². The van der Waals surface area contributed by atoms with Gasteiger partial charge in [-0.3, -0.25) is 4.79 Å². The van der Waals surface area contributed by atoms with E-state index >= 15 is 0 Å². The first-order valence-corrected chi connectivity index (χ1v) is 9.97. The fourth-order valence-corrected chi connectivity index (χ4v) is 3.75. The fraction of sp³-hybridized carbons (Fsp3) is 0.348. The van der Waals surface area contributed by atoms with Crippen LogP contribution in [-0.4, -0.2) is 27.6 Å². The Morgan fingerprint density at radius 2 is 1.97 bits per heavy atom. The number of likely N-dealkylation sites (tertiary alicyclic amines) is 1. The van der Waals surface area contributed by atoms with E-state index < -0.39 is 0 Å². The second kappa shape index (κ2) is 8.07. The monoisotopic (exact) mass is 391 g/mol. The quantitative estimate of drug-likeness (QED) is 0.613. The van der Waals surface area contributed by atoms with Gasteiger partial charge in [-0.1, -0.05) is 28.9 Å². The van der Waals surface area contributed by atoms with Crippen molar-refractivity contribution >= 4 is 5.91 Å². The highest BCUT2D eigenvalue weighted by Crippen LogP contribution is 2.34. The Labute approximate surface area is 170 Å². The van der Waals surface area contributed by atoms with Crippen LogP contribution in [0.2, 0.25) is 0 Å². The van der Waals surface area contributed by atoms with E-state index in [4.69, 9.17) is 9.26 Å². The van der Waals surface area contributed by atoms with Crippen LogP contribution in [0.25, 0.3) is 11.4 Å². The average Bonchev–Trinajstić information content (AvgIpc) is 3.32. The van der Waals surface area contributed by atoms with Crippen LogP contribution in [-0.2, 0) is 11.3 Å². The summed E-state index contributed by atoms with van der Waals surface area (Å²) in [4.78, 5) is 19.0. The summed E-state index contributed by atoms with van der Waals surface area (Å²) in [6.07, 6.45) is 1.19. The fourth-order valence-electron chi connectivity index (χ4n) is 3.75. The molecule has 4 rings (SSSR count). The molecule has 150 valence electrons. The van der Waals surface area contributed by atoms with E-state index in [1.807, 2.05) is 36.1 Å². The van der Waals surface area contributed by atoms with Gasteiger partial charge >= 0.3 is 0 Å². The SMILES string of the molecule is CCOc1ccc(-c2noc(C3CCC(=O)N3Cc3ccc(C)cc3C)n2)cc1. The van der Waals surface area contributed by atoms with Gasteiger partial charge in [0.25, 0.3) is 0 Å². The molecule has 3 aromatic rings. The lowest BCUT2D eigenvalue weighted by molar-refractivity contribution is -0.130. The number of benzene rings is 2. The van der Waals surface area contributed by atoms with Crippen molar-refractivity contribution in [2.24, 2.45) is 0 Å². The molecule has 0 aliphatic carbocycles. The molecule has 6 nitrogen and oxygen atoms in total. The predicted octanol–water partition coefficient (Wildman–Crippen LogP) is 4.62. The van der Waals surface area contributed by atoms with E-state index in [9.17, 15) is 4.79 Å². The Balaban J connectivity index is 1.55. The molecule has 1 fully saturated rings. The maximum absolute atomic E-state index is 12.5. The van der Waals surface area contributed by atoms with Crippen LogP contribution in [0.1, 0.15) is 48.4 Å². The van der Waals surface area contributed by atoms with Crippen molar-refractivity contribution in [3.63, 3.8) is 0 Å².